The Morgan fingerprint density at radius 2 is 0.950 bits per heavy atom. The van der Waals surface area contributed by atoms with Crippen molar-refractivity contribution in [3.8, 4) is 0 Å². The molecule has 1 nitrogen and oxygen atoms in total. The molecule has 1 fully saturated rings. The van der Waals surface area contributed by atoms with Crippen molar-refractivity contribution in [1.82, 2.24) is 4.23 Å². The second-order valence-corrected chi connectivity index (χ2v) is 16.5. The molecule has 1 heterocycles. The summed E-state index contributed by atoms with van der Waals surface area (Å²) in [5.74, 6) is 0. The maximum Gasteiger partial charge on any atom is 0.121 e. The quantitative estimate of drug-likeness (QED) is 0.431. The van der Waals surface area contributed by atoms with E-state index < -0.39 is 16.5 Å². The normalized spacial score (nSPS) is 21.4. The van der Waals surface area contributed by atoms with Crippen molar-refractivity contribution in [2.24, 2.45) is 0 Å². The lowest BCUT2D eigenvalue weighted by Gasteiger charge is -2.46. The van der Waals surface area contributed by atoms with Gasteiger partial charge in [0.15, 0.2) is 0 Å². The summed E-state index contributed by atoms with van der Waals surface area (Å²) in [5.41, 5.74) is 0. The molecule has 0 radical (unpaired) electrons. The summed E-state index contributed by atoms with van der Waals surface area (Å²) in [5, 5.41) is 0. The Labute approximate surface area is 130 Å². The molecule has 0 aromatic heterocycles. The van der Waals surface area contributed by atoms with Crippen LogP contribution >= 0.6 is 0 Å². The lowest BCUT2D eigenvalue weighted by atomic mass is 10.5. The van der Waals surface area contributed by atoms with Crippen LogP contribution in [0.1, 0.15) is 66.7 Å². The third-order valence-corrected chi connectivity index (χ3v) is 19.7. The molecule has 3 heteroatoms. The summed E-state index contributed by atoms with van der Waals surface area (Å²) in [7, 11) is -2.20. The van der Waals surface area contributed by atoms with E-state index in [-0.39, 0.29) is 0 Å². The van der Waals surface area contributed by atoms with Gasteiger partial charge in [-0.25, -0.2) is 0 Å². The zero-order valence-electron chi connectivity index (χ0n) is 14.9. The smallest absolute Gasteiger partial charge is 0.121 e. The van der Waals surface area contributed by atoms with E-state index in [0.29, 0.717) is 0 Å². The van der Waals surface area contributed by atoms with Crippen LogP contribution in [0, 0.1) is 0 Å². The first-order valence-corrected chi connectivity index (χ1v) is 14.6. The van der Waals surface area contributed by atoms with Gasteiger partial charge in [-0.15, -0.1) is 0 Å². The topological polar surface area (TPSA) is 3.24 Å². The van der Waals surface area contributed by atoms with Crippen LogP contribution in [0.15, 0.2) is 0 Å². The minimum absolute atomic E-state index is 1.10. The summed E-state index contributed by atoms with van der Waals surface area (Å²) in [6.45, 7) is 13.6. The summed E-state index contributed by atoms with van der Waals surface area (Å²) < 4.78 is 3.29. The largest absolute Gasteiger partial charge is 0.345 e. The molecule has 1 saturated heterocycles. The summed E-state index contributed by atoms with van der Waals surface area (Å²) in [6, 6.07) is 9.65. The zero-order chi connectivity index (χ0) is 15.1. The molecule has 0 bridgehead atoms. The Kier molecular flexibility index (Phi) is 8.06. The van der Waals surface area contributed by atoms with Crippen LogP contribution < -0.4 is 0 Å². The number of hydrogen-bond donors (Lipinski definition) is 0. The van der Waals surface area contributed by atoms with E-state index in [1.807, 2.05) is 0 Å². The first-order valence-electron chi connectivity index (χ1n) is 9.42. The number of rotatable bonds is 10. The highest BCUT2D eigenvalue weighted by Crippen LogP contribution is 2.47. The molecular weight excluding hydrogens is 274 g/mol. The van der Waals surface area contributed by atoms with Crippen LogP contribution in [-0.4, -0.2) is 27.2 Å². The van der Waals surface area contributed by atoms with Crippen molar-refractivity contribution >= 4 is 16.5 Å². The highest BCUT2D eigenvalue weighted by Gasteiger charge is 2.54. The standard InChI is InChI=1S/C17H39NSi2/c1-6-11-18-19(12-7-2,13-8-3)16-17-20(18,14-9-4)15-10-5/h6-17H2,1-5H3. The van der Waals surface area contributed by atoms with Gasteiger partial charge in [0.1, 0.15) is 16.5 Å². The van der Waals surface area contributed by atoms with Gasteiger partial charge in [-0.2, -0.15) is 0 Å². The summed E-state index contributed by atoms with van der Waals surface area (Å²) >= 11 is 0. The molecular formula is C17H39NSi2. The highest BCUT2D eigenvalue weighted by molar-refractivity contribution is 6.97. The first-order chi connectivity index (χ1) is 9.64. The van der Waals surface area contributed by atoms with Gasteiger partial charge in [0.2, 0.25) is 0 Å². The van der Waals surface area contributed by atoms with E-state index in [0.717, 1.165) is 0 Å². The minimum Gasteiger partial charge on any atom is -0.345 e. The predicted molar refractivity (Wildman–Crippen MR) is 98.5 cm³/mol. The Hall–Kier alpha value is 0.394. The number of hydrogen-bond acceptors (Lipinski definition) is 1. The van der Waals surface area contributed by atoms with Gasteiger partial charge in [0, 0.05) is 0 Å². The SMILES string of the molecule is CCCN1[Si](CCC)(CCC)CC[Si]1(CCC)CCC. The monoisotopic (exact) mass is 313 g/mol. The van der Waals surface area contributed by atoms with Gasteiger partial charge in [-0.05, 0) is 49.2 Å². The molecule has 1 aliphatic heterocycles. The first kappa shape index (κ1) is 18.4. The average molecular weight is 314 g/mol. The van der Waals surface area contributed by atoms with Gasteiger partial charge >= 0.3 is 0 Å². The van der Waals surface area contributed by atoms with Crippen LogP contribution in [0.4, 0.5) is 0 Å². The average Bonchev–Trinajstić information content (AvgIpc) is 2.69. The van der Waals surface area contributed by atoms with E-state index in [9.17, 15) is 0 Å². The van der Waals surface area contributed by atoms with Crippen molar-refractivity contribution < 1.29 is 0 Å². The molecule has 0 atom stereocenters. The lowest BCUT2D eigenvalue weighted by molar-refractivity contribution is 0.577. The Balaban J connectivity index is 3.07. The van der Waals surface area contributed by atoms with E-state index in [4.69, 9.17) is 0 Å². The van der Waals surface area contributed by atoms with Crippen molar-refractivity contribution in [1.29, 1.82) is 0 Å². The van der Waals surface area contributed by atoms with E-state index >= 15 is 0 Å². The fraction of sp³-hybridized carbons (Fsp3) is 1.00. The Morgan fingerprint density at radius 1 is 0.600 bits per heavy atom. The van der Waals surface area contributed by atoms with Crippen LogP contribution in [0.5, 0.6) is 0 Å². The highest BCUT2D eigenvalue weighted by atomic mass is 28.4. The van der Waals surface area contributed by atoms with Gasteiger partial charge in [0.05, 0.1) is 0 Å². The number of nitrogens with zero attached hydrogens (tertiary/aromatic N) is 1. The van der Waals surface area contributed by atoms with E-state index in [2.05, 4.69) is 38.8 Å². The molecule has 1 rings (SSSR count). The molecule has 120 valence electrons. The molecule has 20 heavy (non-hydrogen) atoms. The molecule has 0 saturated carbocycles. The molecule has 0 spiro atoms. The van der Waals surface area contributed by atoms with Gasteiger partial charge in [0.25, 0.3) is 0 Å². The van der Waals surface area contributed by atoms with Gasteiger partial charge < -0.3 is 4.23 Å². The molecule has 0 aliphatic carbocycles. The van der Waals surface area contributed by atoms with Crippen molar-refractivity contribution in [2.75, 3.05) is 6.54 Å². The molecule has 1 aliphatic rings. The Morgan fingerprint density at radius 3 is 1.20 bits per heavy atom. The fourth-order valence-electron chi connectivity index (χ4n) is 5.09. The van der Waals surface area contributed by atoms with Crippen LogP contribution in [0.2, 0.25) is 36.3 Å². The van der Waals surface area contributed by atoms with Crippen LogP contribution in [0.25, 0.3) is 0 Å². The third kappa shape index (κ3) is 3.78. The maximum absolute atomic E-state index is 3.29. The zero-order valence-corrected chi connectivity index (χ0v) is 16.9. The minimum atomic E-state index is -1.10. The predicted octanol–water partition coefficient (Wildman–Crippen LogP) is 6.24. The van der Waals surface area contributed by atoms with Crippen molar-refractivity contribution in [3.05, 3.63) is 0 Å². The molecule has 0 aromatic carbocycles. The third-order valence-electron chi connectivity index (χ3n) is 5.51. The maximum atomic E-state index is 3.29. The van der Waals surface area contributed by atoms with Crippen LogP contribution in [-0.2, 0) is 0 Å². The molecule has 0 amide bonds. The molecule has 0 N–H and O–H groups in total. The van der Waals surface area contributed by atoms with Crippen molar-refractivity contribution in [3.63, 3.8) is 0 Å². The van der Waals surface area contributed by atoms with Crippen molar-refractivity contribution in [2.45, 2.75) is 103 Å². The Bertz CT molecular complexity index is 232. The summed E-state index contributed by atoms with van der Waals surface area (Å²) in [6.07, 6.45) is 7.08. The molecule has 0 unspecified atom stereocenters. The lowest BCUT2D eigenvalue weighted by Crippen LogP contribution is -2.60. The van der Waals surface area contributed by atoms with Crippen LogP contribution in [0.3, 0.4) is 0 Å². The van der Waals surface area contributed by atoms with E-state index in [1.54, 1.807) is 36.3 Å². The van der Waals surface area contributed by atoms with Gasteiger partial charge in [-0.1, -0.05) is 60.3 Å². The molecule has 0 aromatic rings. The second kappa shape index (κ2) is 8.74. The van der Waals surface area contributed by atoms with E-state index in [1.165, 1.54) is 38.6 Å². The van der Waals surface area contributed by atoms with Gasteiger partial charge in [-0.3, -0.25) is 0 Å². The second-order valence-electron chi connectivity index (χ2n) is 7.10. The summed E-state index contributed by atoms with van der Waals surface area (Å²) in [4.78, 5) is 0. The fourth-order valence-corrected chi connectivity index (χ4v) is 23.1.